The van der Waals surface area contributed by atoms with Gasteiger partial charge in [0.05, 0.1) is 13.7 Å². The largest absolute Gasteiger partial charge is 0.493 e. The second-order valence-corrected chi connectivity index (χ2v) is 7.15. The number of ether oxygens (including phenoxy) is 2. The first-order chi connectivity index (χ1) is 14.0. The number of thioether (sulfide) groups is 1. The minimum Gasteiger partial charge on any atom is -0.493 e. The number of hydrogen-bond donors (Lipinski definition) is 2. The Balaban J connectivity index is 1.90. The molecule has 9 heteroatoms. The molecule has 2 N–H and O–H groups in total. The van der Waals surface area contributed by atoms with Crippen molar-refractivity contribution in [3.05, 3.63) is 58.0 Å². The Morgan fingerprint density at radius 3 is 2.69 bits per heavy atom. The van der Waals surface area contributed by atoms with Crippen LogP contribution in [0, 0.1) is 0 Å². The van der Waals surface area contributed by atoms with E-state index in [1.165, 1.54) is 13.2 Å². The average Bonchev–Trinajstić information content (AvgIpc) is 3.18. The van der Waals surface area contributed by atoms with Crippen molar-refractivity contribution in [1.29, 1.82) is 0 Å². The highest BCUT2D eigenvalue weighted by atomic mass is 35.5. The summed E-state index contributed by atoms with van der Waals surface area (Å²) in [6.07, 6.45) is 1.51. The molecule has 3 rings (SSSR count). The molecule has 0 aliphatic carbocycles. The van der Waals surface area contributed by atoms with Crippen molar-refractivity contribution in [1.82, 2.24) is 15.2 Å². The molecule has 1 heterocycles. The van der Waals surface area contributed by atoms with Gasteiger partial charge in [0.2, 0.25) is 5.16 Å². The lowest BCUT2D eigenvalue weighted by atomic mass is 10.1. The summed E-state index contributed by atoms with van der Waals surface area (Å²) in [5.74, 6) is 0.426. The number of H-pyrrole nitrogens is 1. The minimum absolute atomic E-state index is 0.0425. The second-order valence-electron chi connectivity index (χ2n) is 5.70. The number of rotatable bonds is 8. The van der Waals surface area contributed by atoms with Gasteiger partial charge < -0.3 is 14.6 Å². The van der Waals surface area contributed by atoms with Gasteiger partial charge >= 0.3 is 5.97 Å². The molecule has 0 radical (unpaired) electrons. The van der Waals surface area contributed by atoms with Crippen molar-refractivity contribution in [2.75, 3.05) is 13.7 Å². The number of halogens is 1. The Morgan fingerprint density at radius 2 is 2.03 bits per heavy atom. The van der Waals surface area contributed by atoms with E-state index < -0.39 is 5.97 Å². The van der Waals surface area contributed by atoms with E-state index in [1.807, 2.05) is 6.92 Å². The Morgan fingerprint density at radius 1 is 1.28 bits per heavy atom. The van der Waals surface area contributed by atoms with Crippen molar-refractivity contribution in [3.8, 4) is 22.9 Å². The maximum Gasteiger partial charge on any atom is 0.342 e. The molecule has 0 saturated heterocycles. The molecule has 0 atom stereocenters. The van der Waals surface area contributed by atoms with Crippen molar-refractivity contribution < 1.29 is 19.4 Å². The van der Waals surface area contributed by atoms with Crippen LogP contribution in [0.2, 0.25) is 5.02 Å². The lowest BCUT2D eigenvalue weighted by Crippen LogP contribution is -2.00. The topological polar surface area (TPSA) is 97.3 Å². The van der Waals surface area contributed by atoms with Crippen molar-refractivity contribution in [2.24, 2.45) is 0 Å². The molecular formula is C20H18ClN3O4S. The molecule has 0 bridgehead atoms. The van der Waals surface area contributed by atoms with Crippen molar-refractivity contribution >= 4 is 35.4 Å². The van der Waals surface area contributed by atoms with Crippen LogP contribution in [0.15, 0.2) is 52.5 Å². The van der Waals surface area contributed by atoms with Crippen LogP contribution in [-0.4, -0.2) is 40.0 Å². The highest BCUT2D eigenvalue weighted by Crippen LogP contribution is 2.35. The highest BCUT2D eigenvalue weighted by molar-refractivity contribution is 8.04. The maximum atomic E-state index is 11.8. The number of nitrogens with zero attached hydrogens (tertiary/aromatic N) is 2. The van der Waals surface area contributed by atoms with Crippen LogP contribution in [0.5, 0.6) is 11.5 Å². The van der Waals surface area contributed by atoms with E-state index in [4.69, 9.17) is 21.1 Å². The number of aromatic nitrogens is 3. The van der Waals surface area contributed by atoms with Crippen molar-refractivity contribution in [3.63, 3.8) is 0 Å². The molecule has 3 aromatic rings. The van der Waals surface area contributed by atoms with Crippen LogP contribution < -0.4 is 9.47 Å². The van der Waals surface area contributed by atoms with Crippen LogP contribution in [0.1, 0.15) is 12.5 Å². The third-order valence-corrected chi connectivity index (χ3v) is 4.93. The molecule has 150 valence electrons. The fourth-order valence-electron chi connectivity index (χ4n) is 2.51. The summed E-state index contributed by atoms with van der Waals surface area (Å²) in [6, 6.07) is 12.4. The normalized spacial score (nSPS) is 11.3. The lowest BCUT2D eigenvalue weighted by Gasteiger charge is -2.12. The second kappa shape index (κ2) is 9.49. The third kappa shape index (κ3) is 5.10. The summed E-state index contributed by atoms with van der Waals surface area (Å²) in [5.41, 5.74) is 1.38. The van der Waals surface area contributed by atoms with E-state index in [0.717, 1.165) is 17.3 Å². The van der Waals surface area contributed by atoms with Crippen LogP contribution in [-0.2, 0) is 4.79 Å². The van der Waals surface area contributed by atoms with Crippen LogP contribution in [0.4, 0.5) is 0 Å². The standard InChI is InChI=1S/C20H18ClN3O4S/c1-3-28-17-13(5-4-6-15(17)27-2)11-16(19(25)26)29-20-22-18(23-24-20)12-7-9-14(21)10-8-12/h4-11H,3H2,1-2H3,(H,25,26)(H,22,23,24)/b16-11-. The number of aliphatic carboxylic acids is 1. The van der Waals surface area contributed by atoms with Crippen LogP contribution >= 0.6 is 23.4 Å². The number of nitrogens with one attached hydrogen (secondary N) is 1. The molecule has 0 amide bonds. The molecule has 0 aliphatic heterocycles. The number of carbonyl (C=O) groups is 1. The number of carboxylic acids is 1. The predicted octanol–water partition coefficient (Wildman–Crippen LogP) is 4.75. The van der Waals surface area contributed by atoms with E-state index in [-0.39, 0.29) is 10.1 Å². The molecule has 29 heavy (non-hydrogen) atoms. The summed E-state index contributed by atoms with van der Waals surface area (Å²) in [7, 11) is 1.53. The molecule has 7 nitrogen and oxygen atoms in total. The Bertz CT molecular complexity index is 1030. The Hall–Kier alpha value is -2.97. The fourth-order valence-corrected chi connectivity index (χ4v) is 3.33. The van der Waals surface area contributed by atoms with E-state index >= 15 is 0 Å². The minimum atomic E-state index is -1.10. The van der Waals surface area contributed by atoms with E-state index in [2.05, 4.69) is 15.2 Å². The van der Waals surface area contributed by atoms with Gasteiger partial charge in [-0.05, 0) is 55.1 Å². The summed E-state index contributed by atoms with van der Waals surface area (Å²) < 4.78 is 11.0. The zero-order valence-corrected chi connectivity index (χ0v) is 17.3. The molecule has 0 aliphatic rings. The number of aromatic amines is 1. The monoisotopic (exact) mass is 431 g/mol. The highest BCUT2D eigenvalue weighted by Gasteiger charge is 2.17. The summed E-state index contributed by atoms with van der Waals surface area (Å²) in [6.45, 7) is 2.26. The van der Waals surface area contributed by atoms with Gasteiger partial charge in [-0.15, -0.1) is 5.10 Å². The quantitative estimate of drug-likeness (QED) is 0.392. The number of benzene rings is 2. The first-order valence-electron chi connectivity index (χ1n) is 8.62. The van der Waals surface area contributed by atoms with E-state index in [9.17, 15) is 9.90 Å². The van der Waals surface area contributed by atoms with Gasteiger partial charge in [-0.3, -0.25) is 5.10 Å². The third-order valence-electron chi connectivity index (χ3n) is 3.80. The molecule has 0 fully saturated rings. The molecular weight excluding hydrogens is 414 g/mol. The average molecular weight is 432 g/mol. The predicted molar refractivity (Wildman–Crippen MR) is 112 cm³/mol. The summed E-state index contributed by atoms with van der Waals surface area (Å²) >= 11 is 6.84. The molecule has 0 saturated carbocycles. The maximum absolute atomic E-state index is 11.8. The summed E-state index contributed by atoms with van der Waals surface area (Å²) in [4.78, 5) is 16.2. The van der Waals surface area contributed by atoms with Gasteiger partial charge in [0.15, 0.2) is 17.3 Å². The zero-order chi connectivity index (χ0) is 20.8. The molecule has 0 unspecified atom stereocenters. The molecule has 2 aromatic carbocycles. The number of para-hydroxylation sites is 1. The van der Waals surface area contributed by atoms with Gasteiger partial charge in [-0.2, -0.15) is 0 Å². The van der Waals surface area contributed by atoms with Gasteiger partial charge in [0.1, 0.15) is 4.91 Å². The number of methoxy groups -OCH3 is 1. The Kier molecular flexibility index (Phi) is 6.79. The Labute approximate surface area is 176 Å². The first-order valence-corrected chi connectivity index (χ1v) is 9.82. The number of carboxylic acid groups (broad SMARTS) is 1. The SMILES string of the molecule is CCOc1c(/C=C(\Sc2n[nH]c(-c3ccc(Cl)cc3)n2)C(=O)O)cccc1OC. The van der Waals surface area contributed by atoms with Gasteiger partial charge in [0, 0.05) is 16.1 Å². The zero-order valence-electron chi connectivity index (χ0n) is 15.7. The fraction of sp³-hybridized carbons (Fsp3) is 0.150. The van der Waals surface area contributed by atoms with Gasteiger partial charge in [-0.1, -0.05) is 23.7 Å². The van der Waals surface area contributed by atoms with Crippen LogP contribution in [0.3, 0.4) is 0 Å². The molecule has 0 spiro atoms. The molecule has 1 aromatic heterocycles. The van der Waals surface area contributed by atoms with E-state index in [0.29, 0.717) is 34.5 Å². The van der Waals surface area contributed by atoms with Gasteiger partial charge in [-0.25, -0.2) is 9.78 Å². The van der Waals surface area contributed by atoms with E-state index in [1.54, 1.807) is 42.5 Å². The smallest absolute Gasteiger partial charge is 0.342 e. The summed E-state index contributed by atoms with van der Waals surface area (Å²) in [5, 5.41) is 17.5. The first kappa shape index (κ1) is 20.8. The lowest BCUT2D eigenvalue weighted by molar-refractivity contribution is -0.131. The number of hydrogen-bond acceptors (Lipinski definition) is 6. The van der Waals surface area contributed by atoms with Gasteiger partial charge in [0.25, 0.3) is 0 Å². The van der Waals surface area contributed by atoms with Crippen molar-refractivity contribution in [2.45, 2.75) is 12.1 Å². The van der Waals surface area contributed by atoms with Crippen LogP contribution in [0.25, 0.3) is 17.5 Å².